The second-order valence-corrected chi connectivity index (χ2v) is 6.54. The molecule has 1 heterocycles. The monoisotopic (exact) mass is 395 g/mol. The molecule has 0 saturated heterocycles. The van der Waals surface area contributed by atoms with Crippen LogP contribution in [-0.4, -0.2) is 27.8 Å². The molecular weight excluding hydrogens is 375 g/mol. The Kier molecular flexibility index (Phi) is 5.86. The summed E-state index contributed by atoms with van der Waals surface area (Å²) >= 11 is 0. The van der Waals surface area contributed by atoms with Crippen molar-refractivity contribution in [2.24, 2.45) is 0 Å². The Morgan fingerprint density at radius 1 is 1.04 bits per heavy atom. The first-order valence-corrected chi connectivity index (χ1v) is 8.94. The van der Waals surface area contributed by atoms with E-state index in [1.165, 1.54) is 12.1 Å². The number of para-hydroxylation sites is 1. The third kappa shape index (κ3) is 4.62. The summed E-state index contributed by atoms with van der Waals surface area (Å²) in [6, 6.07) is 7.01. The maximum atomic E-state index is 13.6. The van der Waals surface area contributed by atoms with Crippen LogP contribution in [0.15, 0.2) is 36.5 Å². The Morgan fingerprint density at radius 2 is 1.71 bits per heavy atom. The average Bonchev–Trinajstić information content (AvgIpc) is 3.13. The SMILES string of the molecule is O=C(NNC(=O)c1cnn(-c2ccccc2)c1C(F)(F)F)NC1CCCCC1. The van der Waals surface area contributed by atoms with Gasteiger partial charge in [-0.3, -0.25) is 10.2 Å². The summed E-state index contributed by atoms with van der Waals surface area (Å²) in [7, 11) is 0. The van der Waals surface area contributed by atoms with Crippen LogP contribution in [0.1, 0.15) is 48.2 Å². The standard InChI is InChI=1S/C18H20F3N5O2/c19-18(20,21)15-14(11-22-26(15)13-9-5-2-6-10-13)16(27)24-25-17(28)23-12-7-3-1-4-8-12/h2,5-6,9-12H,1,3-4,7-8H2,(H,24,27)(H2,23,25,28). The maximum Gasteiger partial charge on any atom is 0.434 e. The fraction of sp³-hybridized carbons (Fsp3) is 0.389. The van der Waals surface area contributed by atoms with Gasteiger partial charge in [0.25, 0.3) is 5.91 Å². The normalized spacial score (nSPS) is 15.1. The van der Waals surface area contributed by atoms with Crippen LogP contribution in [0.25, 0.3) is 5.69 Å². The highest BCUT2D eigenvalue weighted by atomic mass is 19.4. The summed E-state index contributed by atoms with van der Waals surface area (Å²) in [6.45, 7) is 0. The highest BCUT2D eigenvalue weighted by Crippen LogP contribution is 2.33. The number of alkyl halides is 3. The predicted octanol–water partition coefficient (Wildman–Crippen LogP) is 3.17. The Bertz CT molecular complexity index is 829. The van der Waals surface area contributed by atoms with Crippen molar-refractivity contribution in [1.29, 1.82) is 0 Å². The summed E-state index contributed by atoms with van der Waals surface area (Å²) in [6.07, 6.45) is 0.806. The molecule has 0 aliphatic heterocycles. The molecule has 0 bridgehead atoms. The van der Waals surface area contributed by atoms with Crippen LogP contribution in [0.3, 0.4) is 0 Å². The zero-order valence-electron chi connectivity index (χ0n) is 14.9. The Hall–Kier alpha value is -3.04. The number of nitrogens with zero attached hydrogens (tertiary/aromatic N) is 2. The quantitative estimate of drug-likeness (QED) is 0.698. The average molecular weight is 395 g/mol. The zero-order chi connectivity index (χ0) is 20.1. The fourth-order valence-corrected chi connectivity index (χ4v) is 3.20. The number of nitrogens with one attached hydrogen (secondary N) is 3. The van der Waals surface area contributed by atoms with Crippen molar-refractivity contribution in [2.45, 2.75) is 44.3 Å². The molecule has 1 aromatic heterocycles. The van der Waals surface area contributed by atoms with Gasteiger partial charge in [-0.25, -0.2) is 14.9 Å². The van der Waals surface area contributed by atoms with Gasteiger partial charge in [0.1, 0.15) is 0 Å². The lowest BCUT2D eigenvalue weighted by Crippen LogP contribution is -2.50. The summed E-state index contributed by atoms with van der Waals surface area (Å²) < 4.78 is 41.3. The molecule has 7 nitrogen and oxygen atoms in total. The van der Waals surface area contributed by atoms with Gasteiger partial charge in [-0.1, -0.05) is 37.5 Å². The number of hydrazine groups is 1. The van der Waals surface area contributed by atoms with E-state index in [1.54, 1.807) is 18.2 Å². The second-order valence-electron chi connectivity index (χ2n) is 6.54. The minimum atomic E-state index is -4.82. The van der Waals surface area contributed by atoms with Crippen molar-refractivity contribution >= 4 is 11.9 Å². The number of hydrogen-bond acceptors (Lipinski definition) is 3. The van der Waals surface area contributed by atoms with Gasteiger partial charge < -0.3 is 5.32 Å². The van der Waals surface area contributed by atoms with Crippen molar-refractivity contribution in [1.82, 2.24) is 25.9 Å². The van der Waals surface area contributed by atoms with E-state index in [4.69, 9.17) is 0 Å². The molecule has 10 heteroatoms. The summed E-state index contributed by atoms with van der Waals surface area (Å²) in [5.41, 5.74) is 2.37. The number of carbonyl (C=O) groups is 2. The van der Waals surface area contributed by atoms with Crippen LogP contribution in [-0.2, 0) is 6.18 Å². The molecule has 0 atom stereocenters. The number of amides is 3. The number of aromatic nitrogens is 2. The van der Waals surface area contributed by atoms with Crippen LogP contribution in [0.5, 0.6) is 0 Å². The molecule has 0 unspecified atom stereocenters. The summed E-state index contributed by atoms with van der Waals surface area (Å²) in [5, 5.41) is 6.40. The molecule has 1 aromatic carbocycles. The molecular formula is C18H20F3N5O2. The predicted molar refractivity (Wildman–Crippen MR) is 94.6 cm³/mol. The zero-order valence-corrected chi connectivity index (χ0v) is 14.9. The Labute approximate surface area is 159 Å². The van der Waals surface area contributed by atoms with Gasteiger partial charge in [0, 0.05) is 6.04 Å². The first-order valence-electron chi connectivity index (χ1n) is 8.94. The second kappa shape index (κ2) is 8.32. The molecule has 0 spiro atoms. The van der Waals surface area contributed by atoms with Gasteiger partial charge in [-0.15, -0.1) is 0 Å². The minimum absolute atomic E-state index is 0.00258. The number of benzene rings is 1. The molecule has 2 aromatic rings. The molecule has 3 N–H and O–H groups in total. The van der Waals surface area contributed by atoms with E-state index < -0.39 is 29.4 Å². The van der Waals surface area contributed by atoms with E-state index in [0.29, 0.717) is 4.68 Å². The van der Waals surface area contributed by atoms with Crippen molar-refractivity contribution in [2.75, 3.05) is 0 Å². The molecule has 3 rings (SSSR count). The number of urea groups is 1. The van der Waals surface area contributed by atoms with Crippen LogP contribution in [0, 0.1) is 0 Å². The molecule has 0 radical (unpaired) electrons. The Balaban J connectivity index is 1.71. The van der Waals surface area contributed by atoms with Crippen molar-refractivity contribution in [3.8, 4) is 5.69 Å². The largest absolute Gasteiger partial charge is 0.434 e. The first kappa shape index (κ1) is 19.7. The van der Waals surface area contributed by atoms with E-state index in [1.807, 2.05) is 5.43 Å². The summed E-state index contributed by atoms with van der Waals surface area (Å²) in [5.74, 6) is -1.10. The highest BCUT2D eigenvalue weighted by molar-refractivity contribution is 5.96. The van der Waals surface area contributed by atoms with E-state index in [2.05, 4.69) is 15.8 Å². The number of hydrogen-bond donors (Lipinski definition) is 3. The number of halogens is 3. The molecule has 1 aliphatic carbocycles. The maximum absolute atomic E-state index is 13.6. The fourth-order valence-electron chi connectivity index (χ4n) is 3.20. The molecule has 150 valence electrons. The highest BCUT2D eigenvalue weighted by Gasteiger charge is 2.40. The summed E-state index contributed by atoms with van der Waals surface area (Å²) in [4.78, 5) is 24.1. The first-order chi connectivity index (χ1) is 13.4. The topological polar surface area (TPSA) is 88.1 Å². The third-order valence-electron chi connectivity index (χ3n) is 4.51. The van der Waals surface area contributed by atoms with Crippen molar-refractivity contribution < 1.29 is 22.8 Å². The van der Waals surface area contributed by atoms with E-state index in [0.717, 1.165) is 38.3 Å². The van der Waals surface area contributed by atoms with Crippen LogP contribution < -0.4 is 16.2 Å². The lowest BCUT2D eigenvalue weighted by Gasteiger charge is -2.22. The lowest BCUT2D eigenvalue weighted by molar-refractivity contribution is -0.143. The number of rotatable bonds is 3. The lowest BCUT2D eigenvalue weighted by atomic mass is 9.96. The molecule has 1 fully saturated rings. The molecule has 3 amide bonds. The van der Waals surface area contributed by atoms with Crippen LogP contribution in [0.4, 0.5) is 18.0 Å². The minimum Gasteiger partial charge on any atom is -0.334 e. The van der Waals surface area contributed by atoms with Crippen molar-refractivity contribution in [3.63, 3.8) is 0 Å². The Morgan fingerprint density at radius 3 is 2.36 bits per heavy atom. The van der Waals surface area contributed by atoms with Crippen LogP contribution >= 0.6 is 0 Å². The van der Waals surface area contributed by atoms with Gasteiger partial charge in [0.15, 0.2) is 5.69 Å². The van der Waals surface area contributed by atoms with Gasteiger partial charge in [-0.05, 0) is 25.0 Å². The van der Waals surface area contributed by atoms with Gasteiger partial charge in [0.05, 0.1) is 17.4 Å². The van der Waals surface area contributed by atoms with E-state index >= 15 is 0 Å². The third-order valence-corrected chi connectivity index (χ3v) is 4.51. The van der Waals surface area contributed by atoms with Gasteiger partial charge >= 0.3 is 12.2 Å². The van der Waals surface area contributed by atoms with E-state index in [-0.39, 0.29) is 11.7 Å². The van der Waals surface area contributed by atoms with Gasteiger partial charge in [-0.2, -0.15) is 18.3 Å². The smallest absolute Gasteiger partial charge is 0.334 e. The number of carbonyl (C=O) groups excluding carboxylic acids is 2. The van der Waals surface area contributed by atoms with Crippen LogP contribution in [0.2, 0.25) is 0 Å². The molecule has 28 heavy (non-hydrogen) atoms. The van der Waals surface area contributed by atoms with Crippen molar-refractivity contribution in [3.05, 3.63) is 47.8 Å². The molecule has 1 saturated carbocycles. The van der Waals surface area contributed by atoms with Gasteiger partial charge in [0.2, 0.25) is 0 Å². The van der Waals surface area contributed by atoms with E-state index in [9.17, 15) is 22.8 Å². The molecule has 1 aliphatic rings.